The van der Waals surface area contributed by atoms with Crippen molar-refractivity contribution in [2.24, 2.45) is 0 Å². The Balaban J connectivity index is 1.36. The van der Waals surface area contributed by atoms with Crippen LogP contribution in [0.2, 0.25) is 0 Å². The number of urea groups is 1. The lowest BCUT2D eigenvalue weighted by Crippen LogP contribution is -2.42. The van der Waals surface area contributed by atoms with Crippen molar-refractivity contribution in [3.8, 4) is 0 Å². The quantitative estimate of drug-likeness (QED) is 0.771. The molecular formula is C22H29N3O4. The maximum Gasteiger partial charge on any atom is 0.325 e. The van der Waals surface area contributed by atoms with E-state index in [2.05, 4.69) is 11.4 Å². The van der Waals surface area contributed by atoms with Crippen molar-refractivity contribution >= 4 is 17.8 Å². The number of likely N-dealkylation sites (N-methyl/N-ethyl adjacent to an activating group) is 1. The van der Waals surface area contributed by atoms with Gasteiger partial charge in [-0.2, -0.15) is 0 Å². The van der Waals surface area contributed by atoms with E-state index in [0.29, 0.717) is 13.2 Å². The van der Waals surface area contributed by atoms with Gasteiger partial charge in [-0.1, -0.05) is 43.5 Å². The molecule has 4 rings (SSSR count). The first-order valence-corrected chi connectivity index (χ1v) is 10.6. The van der Waals surface area contributed by atoms with Crippen LogP contribution >= 0.6 is 0 Å². The maximum atomic E-state index is 12.8. The van der Waals surface area contributed by atoms with E-state index in [0.717, 1.165) is 44.1 Å². The molecule has 1 saturated carbocycles. The number of ether oxygens (including phenoxy) is 1. The van der Waals surface area contributed by atoms with Gasteiger partial charge in [0.15, 0.2) is 0 Å². The van der Waals surface area contributed by atoms with Crippen LogP contribution in [-0.2, 0) is 20.7 Å². The van der Waals surface area contributed by atoms with Crippen LogP contribution in [0.25, 0.3) is 0 Å². The molecule has 7 heteroatoms. The fourth-order valence-electron chi connectivity index (χ4n) is 4.68. The highest BCUT2D eigenvalue weighted by Gasteiger charge is 2.43. The third kappa shape index (κ3) is 4.15. The normalized spacial score (nSPS) is 24.9. The van der Waals surface area contributed by atoms with Crippen LogP contribution in [0.15, 0.2) is 24.3 Å². The first-order chi connectivity index (χ1) is 14.0. The largest absolute Gasteiger partial charge is 0.371 e. The van der Waals surface area contributed by atoms with Crippen LogP contribution in [0.3, 0.4) is 0 Å². The van der Waals surface area contributed by atoms with E-state index in [1.807, 2.05) is 18.2 Å². The molecule has 2 heterocycles. The summed E-state index contributed by atoms with van der Waals surface area (Å²) in [5.74, 6) is -0.427. The van der Waals surface area contributed by atoms with Crippen LogP contribution in [-0.4, -0.2) is 59.9 Å². The standard InChI is InChI=1S/C22H29N3O4/c1-24(14-19-17-10-6-5-7-15(17)11-12-29-19)20(26)13-18-21(27)25(22(28)23-18)16-8-3-2-4-9-16/h5-7,10,16,18-19H,2-4,8-9,11-14H2,1H3,(H,23,28)/t18-,19-/m1/s1. The second-order valence-electron chi connectivity index (χ2n) is 8.29. The molecule has 1 saturated heterocycles. The Kier molecular flexibility index (Phi) is 5.85. The van der Waals surface area contributed by atoms with Gasteiger partial charge in [0.1, 0.15) is 12.1 Å². The third-order valence-electron chi connectivity index (χ3n) is 6.33. The lowest BCUT2D eigenvalue weighted by molar-refractivity contribution is -0.137. The average Bonchev–Trinajstić information content (AvgIpc) is 3.01. The van der Waals surface area contributed by atoms with Gasteiger partial charge in [0, 0.05) is 13.1 Å². The van der Waals surface area contributed by atoms with E-state index in [4.69, 9.17) is 4.74 Å². The highest BCUT2D eigenvalue weighted by atomic mass is 16.5. The van der Waals surface area contributed by atoms with Gasteiger partial charge in [-0.3, -0.25) is 14.5 Å². The fourth-order valence-corrected chi connectivity index (χ4v) is 4.68. The molecule has 1 N–H and O–H groups in total. The molecule has 1 aromatic rings. The van der Waals surface area contributed by atoms with Crippen LogP contribution in [0.4, 0.5) is 4.79 Å². The topological polar surface area (TPSA) is 79.0 Å². The van der Waals surface area contributed by atoms with Gasteiger partial charge in [-0.15, -0.1) is 0 Å². The molecule has 2 aliphatic heterocycles. The van der Waals surface area contributed by atoms with Crippen LogP contribution in [0.5, 0.6) is 0 Å². The third-order valence-corrected chi connectivity index (χ3v) is 6.33. The van der Waals surface area contributed by atoms with Crippen molar-refractivity contribution < 1.29 is 19.1 Å². The molecule has 1 aromatic carbocycles. The summed E-state index contributed by atoms with van der Waals surface area (Å²) in [5, 5.41) is 2.71. The second kappa shape index (κ2) is 8.53. The van der Waals surface area contributed by atoms with Gasteiger partial charge < -0.3 is 15.0 Å². The summed E-state index contributed by atoms with van der Waals surface area (Å²) in [6, 6.07) is 6.99. The second-order valence-corrected chi connectivity index (χ2v) is 8.29. The highest BCUT2D eigenvalue weighted by molar-refractivity contribution is 6.06. The Morgan fingerprint density at radius 2 is 1.97 bits per heavy atom. The molecule has 0 bridgehead atoms. The first kappa shape index (κ1) is 19.9. The number of nitrogens with zero attached hydrogens (tertiary/aromatic N) is 2. The molecule has 156 valence electrons. The number of hydrogen-bond donors (Lipinski definition) is 1. The van der Waals surface area contributed by atoms with Crippen molar-refractivity contribution in [2.75, 3.05) is 20.2 Å². The summed E-state index contributed by atoms with van der Waals surface area (Å²) in [5.41, 5.74) is 2.37. The Hall–Kier alpha value is -2.41. The number of carbonyl (C=O) groups excluding carboxylic acids is 3. The molecule has 0 spiro atoms. The Morgan fingerprint density at radius 3 is 2.76 bits per heavy atom. The van der Waals surface area contributed by atoms with Crippen LogP contribution in [0, 0.1) is 0 Å². The zero-order valence-electron chi connectivity index (χ0n) is 16.9. The molecule has 0 aromatic heterocycles. The molecule has 3 aliphatic rings. The lowest BCUT2D eigenvalue weighted by Gasteiger charge is -2.30. The minimum absolute atomic E-state index is 0.0152. The van der Waals surface area contributed by atoms with Crippen molar-refractivity contribution in [1.29, 1.82) is 0 Å². The number of fused-ring (bicyclic) bond motifs is 1. The molecule has 4 amide bonds. The molecule has 1 aliphatic carbocycles. The molecule has 2 atom stereocenters. The maximum absolute atomic E-state index is 12.8. The van der Waals surface area contributed by atoms with Crippen molar-refractivity contribution in [3.05, 3.63) is 35.4 Å². The number of hydrogen-bond acceptors (Lipinski definition) is 4. The number of amides is 4. The number of rotatable bonds is 5. The Bertz CT molecular complexity index is 790. The average molecular weight is 399 g/mol. The molecule has 29 heavy (non-hydrogen) atoms. The van der Waals surface area contributed by atoms with Crippen LogP contribution < -0.4 is 5.32 Å². The monoisotopic (exact) mass is 399 g/mol. The number of benzene rings is 1. The van der Waals surface area contributed by atoms with Crippen molar-refractivity contribution in [1.82, 2.24) is 15.1 Å². The number of imide groups is 1. The van der Waals surface area contributed by atoms with E-state index >= 15 is 0 Å². The van der Waals surface area contributed by atoms with Gasteiger partial charge >= 0.3 is 6.03 Å². The summed E-state index contributed by atoms with van der Waals surface area (Å²) in [6.45, 7) is 1.06. The van der Waals surface area contributed by atoms with E-state index in [9.17, 15) is 14.4 Å². The minimum Gasteiger partial charge on any atom is -0.371 e. The highest BCUT2D eigenvalue weighted by Crippen LogP contribution is 2.28. The summed E-state index contributed by atoms with van der Waals surface area (Å²) >= 11 is 0. The molecular weight excluding hydrogens is 370 g/mol. The van der Waals surface area contributed by atoms with Crippen molar-refractivity contribution in [2.45, 2.75) is 63.1 Å². The van der Waals surface area contributed by atoms with Gasteiger partial charge in [0.2, 0.25) is 5.91 Å². The van der Waals surface area contributed by atoms with Crippen molar-refractivity contribution in [3.63, 3.8) is 0 Å². The van der Waals surface area contributed by atoms with E-state index in [1.54, 1.807) is 11.9 Å². The Morgan fingerprint density at radius 1 is 1.21 bits per heavy atom. The van der Waals surface area contributed by atoms with E-state index < -0.39 is 6.04 Å². The zero-order valence-corrected chi connectivity index (χ0v) is 16.9. The smallest absolute Gasteiger partial charge is 0.325 e. The van der Waals surface area contributed by atoms with E-state index in [1.165, 1.54) is 10.5 Å². The molecule has 7 nitrogen and oxygen atoms in total. The molecule has 0 radical (unpaired) electrons. The summed E-state index contributed by atoms with van der Waals surface area (Å²) in [7, 11) is 1.73. The van der Waals surface area contributed by atoms with Gasteiger partial charge in [-0.05, 0) is 30.4 Å². The number of carbonyl (C=O) groups is 3. The Labute approximate surface area is 171 Å². The summed E-state index contributed by atoms with van der Waals surface area (Å²) in [6.07, 6.45) is 5.65. The summed E-state index contributed by atoms with van der Waals surface area (Å²) in [4.78, 5) is 40.9. The summed E-state index contributed by atoms with van der Waals surface area (Å²) < 4.78 is 5.89. The van der Waals surface area contributed by atoms with Gasteiger partial charge in [0.25, 0.3) is 5.91 Å². The predicted octanol–water partition coefficient (Wildman–Crippen LogP) is 2.40. The minimum atomic E-state index is -0.765. The first-order valence-electron chi connectivity index (χ1n) is 10.6. The van der Waals surface area contributed by atoms with Crippen LogP contribution in [0.1, 0.15) is 55.8 Å². The van der Waals surface area contributed by atoms with Gasteiger partial charge in [-0.25, -0.2) is 4.79 Å². The number of nitrogens with one attached hydrogen (secondary N) is 1. The SMILES string of the molecule is CN(C[C@H]1OCCc2ccccc21)C(=O)C[C@H]1NC(=O)N(C2CCCCC2)C1=O. The lowest BCUT2D eigenvalue weighted by atomic mass is 9.94. The predicted molar refractivity (Wildman–Crippen MR) is 107 cm³/mol. The van der Waals surface area contributed by atoms with E-state index in [-0.39, 0.29) is 36.4 Å². The molecule has 0 unspecified atom stereocenters. The van der Waals surface area contributed by atoms with Gasteiger partial charge in [0.05, 0.1) is 19.6 Å². The molecule has 2 fully saturated rings. The fraction of sp³-hybridized carbons (Fsp3) is 0.591. The zero-order chi connectivity index (χ0) is 20.4.